The maximum absolute atomic E-state index is 12.0. The minimum absolute atomic E-state index is 0.0743. The van der Waals surface area contributed by atoms with Crippen molar-refractivity contribution in [2.24, 2.45) is 0 Å². The van der Waals surface area contributed by atoms with Gasteiger partial charge in [-0.2, -0.15) is 5.10 Å². The third kappa shape index (κ3) is 3.19. The summed E-state index contributed by atoms with van der Waals surface area (Å²) in [7, 11) is 0. The van der Waals surface area contributed by atoms with Gasteiger partial charge in [0.15, 0.2) is 5.82 Å². The number of urea groups is 1. The second-order valence-electron chi connectivity index (χ2n) is 4.66. The van der Waals surface area contributed by atoms with Crippen LogP contribution in [0.15, 0.2) is 0 Å². The number of morpholine rings is 1. The van der Waals surface area contributed by atoms with Gasteiger partial charge in [-0.3, -0.25) is 5.10 Å². The van der Waals surface area contributed by atoms with Gasteiger partial charge in [0, 0.05) is 13.1 Å². The van der Waals surface area contributed by atoms with Crippen LogP contribution < -0.4 is 5.32 Å². The fourth-order valence-electron chi connectivity index (χ4n) is 2.08. The molecule has 0 spiro atoms. The molecule has 1 aliphatic heterocycles. The van der Waals surface area contributed by atoms with Gasteiger partial charge in [-0.25, -0.2) is 9.78 Å². The third-order valence-electron chi connectivity index (χ3n) is 2.75. The lowest BCUT2D eigenvalue weighted by Crippen LogP contribution is -2.51. The maximum atomic E-state index is 12.0. The van der Waals surface area contributed by atoms with Crippen LogP contribution in [0.1, 0.15) is 25.5 Å². The fourth-order valence-corrected chi connectivity index (χ4v) is 2.08. The molecule has 2 atom stereocenters. The van der Waals surface area contributed by atoms with Crippen LogP contribution in [0.4, 0.5) is 4.79 Å². The second kappa shape index (κ2) is 5.34. The predicted octanol–water partition coefficient (Wildman–Crippen LogP) is 0.432. The first kappa shape index (κ1) is 12.8. The van der Waals surface area contributed by atoms with Gasteiger partial charge in [0.25, 0.3) is 0 Å². The lowest BCUT2D eigenvalue weighted by atomic mass is 10.2. The number of aryl methyl sites for hydroxylation is 1. The highest BCUT2D eigenvalue weighted by molar-refractivity contribution is 5.74. The molecule has 2 amide bonds. The van der Waals surface area contributed by atoms with Gasteiger partial charge in [0.1, 0.15) is 5.82 Å². The van der Waals surface area contributed by atoms with Gasteiger partial charge >= 0.3 is 6.03 Å². The van der Waals surface area contributed by atoms with E-state index in [1.54, 1.807) is 4.90 Å². The minimum Gasteiger partial charge on any atom is -0.372 e. The topological polar surface area (TPSA) is 83.1 Å². The van der Waals surface area contributed by atoms with Crippen LogP contribution in [-0.2, 0) is 11.3 Å². The number of carbonyl (C=O) groups excluding carboxylic acids is 1. The van der Waals surface area contributed by atoms with Crippen LogP contribution in [0.3, 0.4) is 0 Å². The molecule has 0 radical (unpaired) electrons. The second-order valence-corrected chi connectivity index (χ2v) is 4.66. The molecule has 7 heteroatoms. The molecule has 100 valence electrons. The van der Waals surface area contributed by atoms with E-state index in [4.69, 9.17) is 4.74 Å². The number of hydrogen-bond donors (Lipinski definition) is 2. The van der Waals surface area contributed by atoms with E-state index >= 15 is 0 Å². The van der Waals surface area contributed by atoms with Gasteiger partial charge < -0.3 is 15.0 Å². The molecule has 2 rings (SSSR count). The van der Waals surface area contributed by atoms with E-state index in [-0.39, 0.29) is 18.2 Å². The summed E-state index contributed by atoms with van der Waals surface area (Å²) in [4.78, 5) is 17.9. The number of aromatic nitrogens is 3. The molecule has 0 saturated carbocycles. The third-order valence-corrected chi connectivity index (χ3v) is 2.75. The normalized spacial score (nSPS) is 24.1. The SMILES string of the molecule is Cc1nc(CNC(=O)N2C[C@@H](C)O[C@@H](C)C2)n[nH]1. The number of carbonyl (C=O) groups is 1. The molecule has 7 nitrogen and oxygen atoms in total. The Bertz CT molecular complexity index is 409. The summed E-state index contributed by atoms with van der Waals surface area (Å²) in [5.74, 6) is 1.34. The average molecular weight is 253 g/mol. The standard InChI is InChI=1S/C11H19N5O2/c1-7-5-16(6-8(2)18-7)11(17)12-4-10-13-9(3)14-15-10/h7-8H,4-6H2,1-3H3,(H,12,17)(H,13,14,15)/t7-,8+. The number of hydrogen-bond acceptors (Lipinski definition) is 4. The van der Waals surface area contributed by atoms with Crippen LogP contribution in [-0.4, -0.2) is 51.4 Å². The number of aromatic amines is 1. The highest BCUT2D eigenvalue weighted by Crippen LogP contribution is 2.10. The van der Waals surface area contributed by atoms with Crippen LogP contribution in [0.25, 0.3) is 0 Å². The van der Waals surface area contributed by atoms with Gasteiger partial charge in [-0.05, 0) is 20.8 Å². The van der Waals surface area contributed by atoms with Gasteiger partial charge in [0.05, 0.1) is 18.8 Å². The smallest absolute Gasteiger partial charge is 0.317 e. The summed E-state index contributed by atoms with van der Waals surface area (Å²) < 4.78 is 5.58. The molecule has 1 aromatic rings. The van der Waals surface area contributed by atoms with E-state index in [2.05, 4.69) is 20.5 Å². The summed E-state index contributed by atoms with van der Waals surface area (Å²) >= 11 is 0. The van der Waals surface area contributed by atoms with E-state index in [0.29, 0.717) is 25.5 Å². The monoisotopic (exact) mass is 253 g/mol. The van der Waals surface area contributed by atoms with Gasteiger partial charge in [0.2, 0.25) is 0 Å². The molecule has 1 saturated heterocycles. The average Bonchev–Trinajstić information content (AvgIpc) is 2.70. The van der Waals surface area contributed by atoms with Crippen molar-refractivity contribution in [2.75, 3.05) is 13.1 Å². The zero-order valence-corrected chi connectivity index (χ0v) is 10.9. The Balaban J connectivity index is 1.84. The van der Waals surface area contributed by atoms with Crippen molar-refractivity contribution in [1.82, 2.24) is 25.4 Å². The van der Waals surface area contributed by atoms with Crippen LogP contribution >= 0.6 is 0 Å². The Morgan fingerprint density at radius 3 is 2.72 bits per heavy atom. The van der Waals surface area contributed by atoms with Crippen molar-refractivity contribution in [3.63, 3.8) is 0 Å². The largest absolute Gasteiger partial charge is 0.372 e. The van der Waals surface area contributed by atoms with Crippen molar-refractivity contribution in [3.05, 3.63) is 11.6 Å². The van der Waals surface area contributed by atoms with E-state index in [0.717, 1.165) is 5.82 Å². The number of rotatable bonds is 2. The molecular formula is C11H19N5O2. The minimum atomic E-state index is -0.0977. The number of ether oxygens (including phenoxy) is 1. The van der Waals surface area contributed by atoms with Crippen LogP contribution in [0.5, 0.6) is 0 Å². The molecule has 18 heavy (non-hydrogen) atoms. The molecule has 2 N–H and O–H groups in total. The van der Waals surface area contributed by atoms with Crippen LogP contribution in [0, 0.1) is 6.92 Å². The molecule has 2 heterocycles. The summed E-state index contributed by atoms with van der Waals surface area (Å²) in [6.07, 6.45) is 0.149. The first-order chi connectivity index (χ1) is 8.54. The predicted molar refractivity (Wildman–Crippen MR) is 64.9 cm³/mol. The van der Waals surface area contributed by atoms with E-state index in [9.17, 15) is 4.79 Å². The van der Waals surface area contributed by atoms with Crippen molar-refractivity contribution >= 4 is 6.03 Å². The van der Waals surface area contributed by atoms with Crippen LogP contribution in [0.2, 0.25) is 0 Å². The molecule has 1 fully saturated rings. The fraction of sp³-hybridized carbons (Fsp3) is 0.727. The van der Waals surface area contributed by atoms with Crippen molar-refractivity contribution in [1.29, 1.82) is 0 Å². The lowest BCUT2D eigenvalue weighted by Gasteiger charge is -2.35. The Labute approximate surface area is 106 Å². The van der Waals surface area contributed by atoms with Crippen molar-refractivity contribution in [2.45, 2.75) is 39.5 Å². The Kier molecular flexibility index (Phi) is 3.81. The Morgan fingerprint density at radius 2 is 2.17 bits per heavy atom. The molecule has 0 aliphatic carbocycles. The van der Waals surface area contributed by atoms with Gasteiger partial charge in [-0.15, -0.1) is 0 Å². The number of nitrogens with one attached hydrogen (secondary N) is 2. The quantitative estimate of drug-likeness (QED) is 0.800. The zero-order chi connectivity index (χ0) is 13.1. The molecule has 1 aliphatic rings. The highest BCUT2D eigenvalue weighted by atomic mass is 16.5. The van der Waals surface area contributed by atoms with E-state index in [1.807, 2.05) is 20.8 Å². The van der Waals surface area contributed by atoms with Gasteiger partial charge in [-0.1, -0.05) is 0 Å². The summed E-state index contributed by atoms with van der Waals surface area (Å²) in [5, 5.41) is 9.52. The number of amides is 2. The molecular weight excluding hydrogens is 234 g/mol. The Hall–Kier alpha value is -1.63. The molecule has 0 aromatic carbocycles. The number of H-pyrrole nitrogens is 1. The van der Waals surface area contributed by atoms with Crippen molar-refractivity contribution < 1.29 is 9.53 Å². The maximum Gasteiger partial charge on any atom is 0.317 e. The van der Waals surface area contributed by atoms with E-state index in [1.165, 1.54) is 0 Å². The number of nitrogens with zero attached hydrogens (tertiary/aromatic N) is 3. The summed E-state index contributed by atoms with van der Waals surface area (Å²) in [5.41, 5.74) is 0. The van der Waals surface area contributed by atoms with Crippen molar-refractivity contribution in [3.8, 4) is 0 Å². The summed E-state index contributed by atoms with van der Waals surface area (Å²) in [6, 6.07) is -0.0977. The molecule has 0 bridgehead atoms. The summed E-state index contributed by atoms with van der Waals surface area (Å²) in [6.45, 7) is 7.32. The first-order valence-corrected chi connectivity index (χ1v) is 6.10. The Morgan fingerprint density at radius 1 is 1.50 bits per heavy atom. The molecule has 0 unspecified atom stereocenters. The lowest BCUT2D eigenvalue weighted by molar-refractivity contribution is -0.0545. The first-order valence-electron chi connectivity index (χ1n) is 6.10. The molecule has 1 aromatic heterocycles. The zero-order valence-electron chi connectivity index (χ0n) is 10.9. The van der Waals surface area contributed by atoms with E-state index < -0.39 is 0 Å². The highest BCUT2D eigenvalue weighted by Gasteiger charge is 2.25.